The van der Waals surface area contributed by atoms with E-state index in [0.717, 1.165) is 0 Å². The molecule has 0 spiro atoms. The van der Waals surface area contributed by atoms with E-state index in [0.29, 0.717) is 15.6 Å². The van der Waals surface area contributed by atoms with E-state index in [4.69, 9.17) is 58.0 Å². The van der Waals surface area contributed by atoms with Crippen LogP contribution in [0, 0.1) is 0 Å². The molecule has 0 saturated heterocycles. The Morgan fingerprint density at radius 3 is 2.00 bits per heavy atom. The maximum atomic E-state index is 11.0. The van der Waals surface area contributed by atoms with Crippen molar-refractivity contribution in [2.75, 3.05) is 0 Å². The Hall–Kier alpha value is 0.0800. The molecule has 15 heavy (non-hydrogen) atoms. The van der Waals surface area contributed by atoms with Crippen LogP contribution in [0.3, 0.4) is 0 Å². The van der Waals surface area contributed by atoms with Gasteiger partial charge >= 0.3 is 0 Å². The smallest absolute Gasteiger partial charge is 0.255 e. The lowest BCUT2D eigenvalue weighted by molar-refractivity contribution is -0.106. The monoisotopic (exact) mass is 302 g/mol. The van der Waals surface area contributed by atoms with Gasteiger partial charge in [0, 0.05) is 0 Å². The molecular formula is C9H3Cl5O. The second-order valence-electron chi connectivity index (χ2n) is 2.54. The lowest BCUT2D eigenvalue weighted by atomic mass is 10.1. The Balaban J connectivity index is 3.32. The summed E-state index contributed by atoms with van der Waals surface area (Å²) in [5.41, 5.74) is 0.419. The fraction of sp³-hybridized carbons (Fsp3) is 0. The van der Waals surface area contributed by atoms with Crippen molar-refractivity contribution in [3.8, 4) is 0 Å². The zero-order valence-electron chi connectivity index (χ0n) is 7.03. The lowest BCUT2D eigenvalue weighted by Crippen LogP contribution is -1.94. The first-order chi connectivity index (χ1) is 6.93. The Morgan fingerprint density at radius 2 is 1.60 bits per heavy atom. The van der Waals surface area contributed by atoms with Crippen LogP contribution in [0.4, 0.5) is 0 Å². The molecule has 1 nitrogen and oxygen atoms in total. The summed E-state index contributed by atoms with van der Waals surface area (Å²) in [6.07, 6.45) is 0. The standard InChI is InChI=1S/C9H3Cl5O/c10-5-2-1-4(3-6(5)11)7(8(12)13)9(14)15/h1-3H. The van der Waals surface area contributed by atoms with Gasteiger partial charge in [0.25, 0.3) is 5.24 Å². The maximum Gasteiger partial charge on any atom is 0.255 e. The molecule has 0 amide bonds. The van der Waals surface area contributed by atoms with Gasteiger partial charge in [0.15, 0.2) is 0 Å². The first-order valence-electron chi connectivity index (χ1n) is 3.64. The van der Waals surface area contributed by atoms with Crippen LogP contribution < -0.4 is 0 Å². The third-order valence-electron chi connectivity index (χ3n) is 1.59. The van der Waals surface area contributed by atoms with Gasteiger partial charge in [-0.3, -0.25) is 4.79 Å². The fourth-order valence-corrected chi connectivity index (χ4v) is 1.94. The number of halogens is 5. The lowest BCUT2D eigenvalue weighted by Gasteiger charge is -2.04. The molecular weight excluding hydrogens is 301 g/mol. The largest absolute Gasteiger partial charge is 0.275 e. The molecule has 6 heteroatoms. The normalized spacial score (nSPS) is 9.93. The molecule has 1 aromatic carbocycles. The van der Waals surface area contributed by atoms with Crippen LogP contribution in [0.2, 0.25) is 10.0 Å². The van der Waals surface area contributed by atoms with Gasteiger partial charge in [-0.05, 0) is 29.3 Å². The highest BCUT2D eigenvalue weighted by Gasteiger charge is 2.14. The SMILES string of the molecule is O=C(Cl)C(=C(Cl)Cl)c1ccc(Cl)c(Cl)c1. The zero-order valence-corrected chi connectivity index (χ0v) is 10.8. The van der Waals surface area contributed by atoms with E-state index in [9.17, 15) is 4.79 Å². The summed E-state index contributed by atoms with van der Waals surface area (Å²) in [6.45, 7) is 0. The molecule has 1 aromatic rings. The van der Waals surface area contributed by atoms with Crippen molar-refractivity contribution in [1.29, 1.82) is 0 Å². The van der Waals surface area contributed by atoms with Crippen molar-refractivity contribution < 1.29 is 4.79 Å². The predicted octanol–water partition coefficient (Wildman–Crippen LogP) is 4.91. The molecule has 0 N–H and O–H groups in total. The van der Waals surface area contributed by atoms with Crippen molar-refractivity contribution in [1.82, 2.24) is 0 Å². The summed E-state index contributed by atoms with van der Waals surface area (Å²) in [5.74, 6) is 0. The van der Waals surface area contributed by atoms with E-state index in [1.54, 1.807) is 6.07 Å². The van der Waals surface area contributed by atoms with Gasteiger partial charge in [0.05, 0.1) is 15.6 Å². The molecule has 0 fully saturated rings. The van der Waals surface area contributed by atoms with Crippen LogP contribution in [0.15, 0.2) is 22.7 Å². The minimum Gasteiger partial charge on any atom is -0.275 e. The maximum absolute atomic E-state index is 11.0. The molecule has 0 aliphatic rings. The van der Waals surface area contributed by atoms with Gasteiger partial charge in [-0.15, -0.1) is 0 Å². The quantitative estimate of drug-likeness (QED) is 0.561. The van der Waals surface area contributed by atoms with Crippen molar-refractivity contribution in [3.63, 3.8) is 0 Å². The highest BCUT2D eigenvalue weighted by atomic mass is 35.5. The predicted molar refractivity (Wildman–Crippen MR) is 65.9 cm³/mol. The third kappa shape index (κ3) is 3.27. The van der Waals surface area contributed by atoms with Crippen LogP contribution >= 0.6 is 58.0 Å². The molecule has 0 saturated carbocycles. The molecule has 0 aliphatic heterocycles. The summed E-state index contributed by atoms with van der Waals surface area (Å²) in [4.78, 5) is 11.0. The summed E-state index contributed by atoms with van der Waals surface area (Å²) in [6, 6.07) is 4.54. The number of hydrogen-bond donors (Lipinski definition) is 0. The Morgan fingerprint density at radius 1 is 1.00 bits per heavy atom. The van der Waals surface area contributed by atoms with E-state index in [1.807, 2.05) is 0 Å². The highest BCUT2D eigenvalue weighted by molar-refractivity contribution is 6.78. The second kappa shape index (κ2) is 5.42. The number of benzene rings is 1. The summed E-state index contributed by atoms with van der Waals surface area (Å²) < 4.78 is -0.214. The topological polar surface area (TPSA) is 17.1 Å². The van der Waals surface area contributed by atoms with Gasteiger partial charge in [-0.2, -0.15) is 0 Å². The van der Waals surface area contributed by atoms with Gasteiger partial charge in [-0.25, -0.2) is 0 Å². The molecule has 0 unspecified atom stereocenters. The second-order valence-corrected chi connectivity index (χ2v) is 4.65. The molecule has 80 valence electrons. The molecule has 0 atom stereocenters. The summed E-state index contributed by atoms with van der Waals surface area (Å²) in [7, 11) is 0. The average molecular weight is 304 g/mol. The summed E-state index contributed by atoms with van der Waals surface area (Å²) >= 11 is 27.9. The zero-order chi connectivity index (χ0) is 11.6. The minimum absolute atomic E-state index is 0.00133. The van der Waals surface area contributed by atoms with Crippen LogP contribution in [0.5, 0.6) is 0 Å². The summed E-state index contributed by atoms with van der Waals surface area (Å²) in [5, 5.41) is -0.0972. The molecule has 0 radical (unpaired) electrons. The third-order valence-corrected chi connectivity index (χ3v) is 2.90. The number of hydrogen-bond acceptors (Lipinski definition) is 1. The molecule has 0 aromatic heterocycles. The van der Waals surface area contributed by atoms with Gasteiger partial charge in [0.2, 0.25) is 0 Å². The van der Waals surface area contributed by atoms with Crippen molar-refractivity contribution in [2.45, 2.75) is 0 Å². The average Bonchev–Trinajstić information content (AvgIpc) is 2.10. The highest BCUT2D eigenvalue weighted by Crippen LogP contribution is 2.31. The Labute approximate surface area is 112 Å². The Bertz CT molecular complexity index is 434. The number of carbonyl (C=O) groups excluding carboxylic acids is 1. The minimum atomic E-state index is -0.756. The van der Waals surface area contributed by atoms with Crippen molar-refractivity contribution in [3.05, 3.63) is 38.3 Å². The van der Waals surface area contributed by atoms with E-state index < -0.39 is 5.24 Å². The van der Waals surface area contributed by atoms with E-state index in [1.165, 1.54) is 12.1 Å². The van der Waals surface area contributed by atoms with Crippen LogP contribution in [0.1, 0.15) is 5.56 Å². The van der Waals surface area contributed by atoms with Crippen LogP contribution in [0.25, 0.3) is 5.57 Å². The van der Waals surface area contributed by atoms with Gasteiger partial charge in [0.1, 0.15) is 4.49 Å². The van der Waals surface area contributed by atoms with E-state index in [-0.39, 0.29) is 10.1 Å². The first kappa shape index (κ1) is 13.1. The fourth-order valence-electron chi connectivity index (χ4n) is 0.949. The van der Waals surface area contributed by atoms with E-state index in [2.05, 4.69) is 0 Å². The first-order valence-corrected chi connectivity index (χ1v) is 5.53. The van der Waals surface area contributed by atoms with Crippen LogP contribution in [-0.2, 0) is 4.79 Å². The number of rotatable bonds is 2. The molecule has 0 aliphatic carbocycles. The molecule has 1 rings (SSSR count). The van der Waals surface area contributed by atoms with Gasteiger partial charge < -0.3 is 0 Å². The Kier molecular flexibility index (Phi) is 4.75. The molecule has 0 heterocycles. The van der Waals surface area contributed by atoms with Crippen molar-refractivity contribution >= 4 is 68.8 Å². The van der Waals surface area contributed by atoms with Gasteiger partial charge in [-0.1, -0.05) is 52.5 Å². The van der Waals surface area contributed by atoms with E-state index >= 15 is 0 Å². The van der Waals surface area contributed by atoms with Crippen LogP contribution in [-0.4, -0.2) is 5.24 Å². The van der Waals surface area contributed by atoms with Crippen molar-refractivity contribution in [2.24, 2.45) is 0 Å². The molecule has 0 bridgehead atoms. The number of carbonyl (C=O) groups is 1. The number of allylic oxidation sites excluding steroid dienone is 1.